The van der Waals surface area contributed by atoms with Crippen molar-refractivity contribution in [3.8, 4) is 11.8 Å². The molecule has 0 bridgehead atoms. The number of carboxylic acids is 1. The quantitative estimate of drug-likeness (QED) is 0.694. The maximum Gasteiger partial charge on any atom is 0.338 e. The number of carbonyl (C=O) groups is 1. The van der Waals surface area contributed by atoms with Crippen molar-refractivity contribution in [1.29, 1.82) is 0 Å². The van der Waals surface area contributed by atoms with Crippen molar-refractivity contribution in [1.82, 2.24) is 10.3 Å². The van der Waals surface area contributed by atoms with Crippen LogP contribution in [0.15, 0.2) is 12.3 Å². The van der Waals surface area contributed by atoms with Gasteiger partial charge in [0.1, 0.15) is 5.69 Å². The van der Waals surface area contributed by atoms with Crippen molar-refractivity contribution in [3.05, 3.63) is 29.3 Å². The van der Waals surface area contributed by atoms with E-state index in [9.17, 15) is 9.18 Å². The monoisotopic (exact) mass is 208 g/mol. The second-order valence-corrected chi connectivity index (χ2v) is 2.69. The molecular formula is C10H9FN2O2. The number of rotatable bonds is 2. The van der Waals surface area contributed by atoms with E-state index in [0.717, 1.165) is 12.3 Å². The summed E-state index contributed by atoms with van der Waals surface area (Å²) >= 11 is 0. The molecule has 5 heteroatoms. The minimum Gasteiger partial charge on any atom is -0.478 e. The largest absolute Gasteiger partial charge is 0.478 e. The summed E-state index contributed by atoms with van der Waals surface area (Å²) < 4.78 is 12.9. The van der Waals surface area contributed by atoms with Gasteiger partial charge in [-0.1, -0.05) is 5.92 Å². The summed E-state index contributed by atoms with van der Waals surface area (Å²) in [4.78, 5) is 14.2. The average Bonchev–Trinajstić information content (AvgIpc) is 2.20. The molecule has 0 unspecified atom stereocenters. The molecule has 1 aromatic heterocycles. The molecule has 2 N–H and O–H groups in total. The van der Waals surface area contributed by atoms with E-state index in [0.29, 0.717) is 6.54 Å². The molecule has 0 spiro atoms. The summed E-state index contributed by atoms with van der Waals surface area (Å²) in [6, 6.07) is 1.11. The van der Waals surface area contributed by atoms with Gasteiger partial charge in [0, 0.05) is 0 Å². The molecule has 1 aromatic rings. The van der Waals surface area contributed by atoms with Crippen LogP contribution in [-0.4, -0.2) is 29.7 Å². The Bertz CT molecular complexity index is 435. The fourth-order valence-corrected chi connectivity index (χ4v) is 0.894. The Morgan fingerprint density at radius 3 is 3.07 bits per heavy atom. The average molecular weight is 208 g/mol. The lowest BCUT2D eigenvalue weighted by molar-refractivity contribution is 0.0691. The molecule has 4 nitrogen and oxygen atoms in total. The van der Waals surface area contributed by atoms with Gasteiger partial charge in [-0.2, -0.15) is 0 Å². The highest BCUT2D eigenvalue weighted by Gasteiger charge is 2.10. The molecule has 0 saturated carbocycles. The van der Waals surface area contributed by atoms with E-state index in [4.69, 9.17) is 5.11 Å². The predicted molar refractivity (Wildman–Crippen MR) is 52.0 cm³/mol. The lowest BCUT2D eigenvalue weighted by atomic mass is 10.2. The number of nitrogens with one attached hydrogen (secondary N) is 1. The Balaban J connectivity index is 2.99. The van der Waals surface area contributed by atoms with Gasteiger partial charge >= 0.3 is 5.97 Å². The highest BCUT2D eigenvalue weighted by molar-refractivity contribution is 5.88. The third-order valence-corrected chi connectivity index (χ3v) is 1.57. The van der Waals surface area contributed by atoms with E-state index in [-0.39, 0.29) is 5.69 Å². The van der Waals surface area contributed by atoms with Crippen molar-refractivity contribution in [2.24, 2.45) is 0 Å². The van der Waals surface area contributed by atoms with Gasteiger partial charge in [0.2, 0.25) is 0 Å². The first-order valence-corrected chi connectivity index (χ1v) is 4.17. The minimum atomic E-state index is -1.33. The van der Waals surface area contributed by atoms with Crippen LogP contribution in [-0.2, 0) is 0 Å². The third-order valence-electron chi connectivity index (χ3n) is 1.57. The maximum atomic E-state index is 12.9. The molecular weight excluding hydrogens is 199 g/mol. The van der Waals surface area contributed by atoms with Crippen LogP contribution >= 0.6 is 0 Å². The number of aromatic nitrogens is 1. The molecule has 0 amide bonds. The van der Waals surface area contributed by atoms with Crippen LogP contribution in [0.1, 0.15) is 16.1 Å². The smallest absolute Gasteiger partial charge is 0.338 e. The molecule has 0 aliphatic heterocycles. The predicted octanol–water partition coefficient (Wildman–Crippen LogP) is 0.490. The van der Waals surface area contributed by atoms with Crippen molar-refractivity contribution >= 4 is 5.97 Å². The second kappa shape index (κ2) is 5.08. The van der Waals surface area contributed by atoms with Gasteiger partial charge in [0.15, 0.2) is 5.82 Å². The molecule has 0 radical (unpaired) electrons. The number of carboxylic acid groups (broad SMARTS) is 1. The number of aromatic carboxylic acids is 1. The van der Waals surface area contributed by atoms with Gasteiger partial charge < -0.3 is 10.4 Å². The van der Waals surface area contributed by atoms with E-state index in [1.54, 1.807) is 7.05 Å². The first-order chi connectivity index (χ1) is 7.15. The first-order valence-electron chi connectivity index (χ1n) is 4.17. The highest BCUT2D eigenvalue weighted by Crippen LogP contribution is 2.06. The minimum absolute atomic E-state index is 0.240. The summed E-state index contributed by atoms with van der Waals surface area (Å²) in [5.41, 5.74) is -0.178. The zero-order chi connectivity index (χ0) is 11.3. The van der Waals surface area contributed by atoms with Gasteiger partial charge in [-0.3, -0.25) is 0 Å². The molecule has 0 saturated heterocycles. The lowest BCUT2D eigenvalue weighted by Gasteiger charge is -1.96. The molecule has 15 heavy (non-hydrogen) atoms. The standard InChI is InChI=1S/C10H9FN2O2/c1-12-4-2-3-7-5-8(10(14)15)9(11)6-13-7/h5-6,12H,4H2,1H3,(H,14,15). The number of nitrogens with zero attached hydrogens (tertiary/aromatic N) is 1. The van der Waals surface area contributed by atoms with E-state index >= 15 is 0 Å². The normalized spacial score (nSPS) is 9.20. The van der Waals surface area contributed by atoms with Crippen molar-refractivity contribution in [3.63, 3.8) is 0 Å². The lowest BCUT2D eigenvalue weighted by Crippen LogP contribution is -2.05. The summed E-state index contributed by atoms with van der Waals surface area (Å²) in [5.74, 6) is 3.13. The third kappa shape index (κ3) is 3.04. The number of pyridine rings is 1. The summed E-state index contributed by atoms with van der Waals surface area (Å²) in [6.45, 7) is 0.460. The second-order valence-electron chi connectivity index (χ2n) is 2.69. The Morgan fingerprint density at radius 2 is 2.47 bits per heavy atom. The van der Waals surface area contributed by atoms with Crippen molar-refractivity contribution in [2.45, 2.75) is 0 Å². The van der Waals surface area contributed by atoms with Crippen LogP contribution in [0, 0.1) is 17.7 Å². The topological polar surface area (TPSA) is 62.2 Å². The van der Waals surface area contributed by atoms with Crippen LogP contribution < -0.4 is 5.32 Å². The number of hydrogen-bond acceptors (Lipinski definition) is 3. The Hall–Kier alpha value is -1.93. The molecule has 0 aliphatic carbocycles. The van der Waals surface area contributed by atoms with E-state index in [1.807, 2.05) is 0 Å². The van der Waals surface area contributed by atoms with Gasteiger partial charge in [0.25, 0.3) is 0 Å². The van der Waals surface area contributed by atoms with Gasteiger partial charge in [-0.05, 0) is 19.0 Å². The van der Waals surface area contributed by atoms with E-state index < -0.39 is 17.3 Å². The molecule has 1 heterocycles. The fourth-order valence-electron chi connectivity index (χ4n) is 0.894. The van der Waals surface area contributed by atoms with Crippen LogP contribution in [0.5, 0.6) is 0 Å². The Morgan fingerprint density at radius 1 is 1.73 bits per heavy atom. The molecule has 78 valence electrons. The number of hydrogen-bond donors (Lipinski definition) is 2. The zero-order valence-electron chi connectivity index (χ0n) is 8.04. The molecule has 0 atom stereocenters. The van der Waals surface area contributed by atoms with Crippen LogP contribution in [0.4, 0.5) is 4.39 Å². The summed E-state index contributed by atoms with van der Waals surface area (Å²) in [7, 11) is 1.73. The summed E-state index contributed by atoms with van der Waals surface area (Å²) in [5, 5.41) is 11.4. The van der Waals surface area contributed by atoms with E-state index in [2.05, 4.69) is 22.1 Å². The highest BCUT2D eigenvalue weighted by atomic mass is 19.1. The van der Waals surface area contributed by atoms with Crippen LogP contribution in [0.3, 0.4) is 0 Å². The van der Waals surface area contributed by atoms with E-state index in [1.165, 1.54) is 0 Å². The zero-order valence-corrected chi connectivity index (χ0v) is 8.04. The number of halogens is 1. The van der Waals surface area contributed by atoms with Crippen LogP contribution in [0.2, 0.25) is 0 Å². The van der Waals surface area contributed by atoms with Crippen molar-refractivity contribution < 1.29 is 14.3 Å². The van der Waals surface area contributed by atoms with Gasteiger partial charge in [-0.15, -0.1) is 0 Å². The SMILES string of the molecule is CNCC#Cc1cc(C(=O)O)c(F)cn1. The summed E-state index contributed by atoms with van der Waals surface area (Å²) in [6.07, 6.45) is 0.854. The maximum absolute atomic E-state index is 12.9. The van der Waals surface area contributed by atoms with Gasteiger partial charge in [-0.25, -0.2) is 14.2 Å². The van der Waals surface area contributed by atoms with Crippen LogP contribution in [0.25, 0.3) is 0 Å². The Kier molecular flexibility index (Phi) is 3.77. The first kappa shape index (κ1) is 11.1. The molecule has 0 aliphatic rings. The molecule has 0 aromatic carbocycles. The Labute approximate surface area is 86.1 Å². The van der Waals surface area contributed by atoms with Gasteiger partial charge in [0.05, 0.1) is 18.3 Å². The molecule has 1 rings (SSSR count). The van der Waals surface area contributed by atoms with Crippen molar-refractivity contribution in [2.75, 3.05) is 13.6 Å². The fraction of sp³-hybridized carbons (Fsp3) is 0.200. The molecule has 0 fully saturated rings.